The zero-order chi connectivity index (χ0) is 24.7. The molecular weight excluding hydrogens is 469 g/mol. The number of halogens is 3. The van der Waals surface area contributed by atoms with Crippen LogP contribution in [0.15, 0.2) is 12.4 Å². The van der Waals surface area contributed by atoms with Crippen LogP contribution in [0.2, 0.25) is 0 Å². The van der Waals surface area contributed by atoms with Crippen molar-refractivity contribution in [3.05, 3.63) is 38.8 Å². The molecule has 1 unspecified atom stereocenters. The molecule has 0 radical (unpaired) electrons. The number of aliphatic hydroxyl groups is 1. The fraction of sp³-hybridized carbons (Fsp3) is 0.652. The molecule has 1 amide bonds. The first-order valence-corrected chi connectivity index (χ1v) is 12.3. The fourth-order valence-corrected chi connectivity index (χ4v) is 6.61. The summed E-state index contributed by atoms with van der Waals surface area (Å²) in [6.07, 6.45) is 0.827. The molecule has 34 heavy (non-hydrogen) atoms. The number of alkyl halides is 3. The van der Waals surface area contributed by atoms with Crippen molar-refractivity contribution in [1.82, 2.24) is 20.0 Å². The molecule has 0 aromatic carbocycles. The summed E-state index contributed by atoms with van der Waals surface area (Å²) in [5, 5.41) is 16.7. The van der Waals surface area contributed by atoms with Gasteiger partial charge in [0.1, 0.15) is 10.5 Å². The molecule has 188 valence electrons. The molecule has 2 aliphatic heterocycles. The molecule has 0 aliphatic carbocycles. The van der Waals surface area contributed by atoms with Crippen LogP contribution in [0.4, 0.5) is 13.2 Å². The molecule has 0 bridgehead atoms. The van der Waals surface area contributed by atoms with Crippen molar-refractivity contribution in [2.75, 3.05) is 20.2 Å². The Balaban J connectivity index is 1.48. The van der Waals surface area contributed by atoms with Crippen LogP contribution in [0.3, 0.4) is 0 Å². The normalized spacial score (nSPS) is 24.3. The maximum absolute atomic E-state index is 13.6. The fourth-order valence-electron chi connectivity index (χ4n) is 5.20. The van der Waals surface area contributed by atoms with Crippen LogP contribution in [0.5, 0.6) is 0 Å². The molecule has 11 heteroatoms. The van der Waals surface area contributed by atoms with Gasteiger partial charge in [-0.05, 0) is 31.7 Å². The summed E-state index contributed by atoms with van der Waals surface area (Å²) < 4.78 is 48.8. The molecule has 2 aromatic heterocycles. The number of carbonyl (C=O) groups excluding carboxylic acids is 1. The quantitative estimate of drug-likeness (QED) is 0.637. The Morgan fingerprint density at radius 1 is 1.47 bits per heavy atom. The van der Waals surface area contributed by atoms with Crippen LogP contribution in [0.25, 0.3) is 0 Å². The molecule has 1 spiro atoms. The molecular formula is C23H31F3N4O3S. The topological polar surface area (TPSA) is 79.6 Å². The number of likely N-dealkylation sites (tertiary alicyclic amines) is 1. The van der Waals surface area contributed by atoms with Gasteiger partial charge in [-0.3, -0.25) is 14.4 Å². The highest BCUT2D eigenvalue weighted by Gasteiger charge is 2.48. The number of carbonyl (C=O) groups is 1. The van der Waals surface area contributed by atoms with Gasteiger partial charge in [-0.2, -0.15) is 18.3 Å². The smallest absolute Gasteiger partial charge is 0.392 e. The first-order valence-electron chi connectivity index (χ1n) is 11.5. The standard InChI is InChI=1S/C23H31F3N4O3S/c1-14(21(32)27-3)10-30-12-16(9-28-30)11-29-6-5-22(8-15(29)2)19-17(4-7-33-22)18(13-31)20(34-19)23(24,25)26/h9,12,14-15,31H,4-8,10-11,13H2,1-3H3,(H,27,32)/t14?,15-,22+/m0/s1. The molecule has 2 N–H and O–H groups in total. The van der Waals surface area contributed by atoms with Crippen molar-refractivity contribution in [2.45, 2.75) is 70.6 Å². The van der Waals surface area contributed by atoms with E-state index in [0.29, 0.717) is 55.9 Å². The van der Waals surface area contributed by atoms with E-state index in [1.165, 1.54) is 0 Å². The first-order chi connectivity index (χ1) is 16.1. The average molecular weight is 501 g/mol. The molecule has 4 rings (SSSR count). The SMILES string of the molecule is CNC(=O)C(C)Cn1cc(CN2CC[C@]3(C[C@@H]2C)OCCc2c3sc(C(F)(F)F)c2CO)cn1. The zero-order valence-corrected chi connectivity index (χ0v) is 20.4. The minimum absolute atomic E-state index is 0.0173. The molecule has 1 saturated heterocycles. The van der Waals surface area contributed by atoms with Gasteiger partial charge in [0, 0.05) is 48.4 Å². The van der Waals surface area contributed by atoms with E-state index in [0.717, 1.165) is 16.9 Å². The summed E-state index contributed by atoms with van der Waals surface area (Å²) in [7, 11) is 1.61. The Morgan fingerprint density at radius 2 is 2.24 bits per heavy atom. The second kappa shape index (κ2) is 9.60. The van der Waals surface area contributed by atoms with Crippen molar-refractivity contribution in [3.63, 3.8) is 0 Å². The van der Waals surface area contributed by atoms with E-state index in [-0.39, 0.29) is 23.4 Å². The number of ether oxygens (including phenoxy) is 1. The molecule has 2 aromatic rings. The van der Waals surface area contributed by atoms with Crippen LogP contribution < -0.4 is 5.32 Å². The van der Waals surface area contributed by atoms with Crippen molar-refractivity contribution in [3.8, 4) is 0 Å². The number of hydrogen-bond acceptors (Lipinski definition) is 6. The largest absolute Gasteiger partial charge is 0.425 e. The monoisotopic (exact) mass is 500 g/mol. The Morgan fingerprint density at radius 3 is 2.88 bits per heavy atom. The second-order valence-electron chi connectivity index (χ2n) is 9.33. The van der Waals surface area contributed by atoms with Crippen LogP contribution in [-0.4, -0.2) is 51.9 Å². The number of thiophene rings is 1. The van der Waals surface area contributed by atoms with E-state index in [2.05, 4.69) is 22.2 Å². The lowest BCUT2D eigenvalue weighted by Gasteiger charge is -2.47. The number of amides is 1. The highest BCUT2D eigenvalue weighted by atomic mass is 32.1. The van der Waals surface area contributed by atoms with Crippen LogP contribution in [-0.2, 0) is 47.4 Å². The Bertz CT molecular complexity index is 1040. The Kier molecular flexibility index (Phi) is 7.10. The van der Waals surface area contributed by atoms with Gasteiger partial charge in [-0.1, -0.05) is 6.92 Å². The van der Waals surface area contributed by atoms with Crippen molar-refractivity contribution >= 4 is 17.2 Å². The third kappa shape index (κ3) is 4.75. The molecule has 1 fully saturated rings. The van der Waals surface area contributed by atoms with Gasteiger partial charge >= 0.3 is 6.18 Å². The summed E-state index contributed by atoms with van der Waals surface area (Å²) in [6.45, 7) is 5.50. The highest BCUT2D eigenvalue weighted by Crippen LogP contribution is 2.51. The number of fused-ring (bicyclic) bond motifs is 2. The predicted octanol–water partition coefficient (Wildman–Crippen LogP) is 3.29. The summed E-state index contributed by atoms with van der Waals surface area (Å²) in [6, 6.07) is 0.0851. The van der Waals surface area contributed by atoms with Crippen LogP contribution in [0.1, 0.15) is 53.1 Å². The van der Waals surface area contributed by atoms with Crippen molar-refractivity contribution < 1.29 is 27.8 Å². The lowest BCUT2D eigenvalue weighted by molar-refractivity contribution is -0.135. The maximum Gasteiger partial charge on any atom is 0.425 e. The Labute approximate surface area is 200 Å². The lowest BCUT2D eigenvalue weighted by Crippen LogP contribution is -2.50. The van der Waals surface area contributed by atoms with Crippen molar-refractivity contribution in [1.29, 1.82) is 0 Å². The summed E-state index contributed by atoms with van der Waals surface area (Å²) in [5.41, 5.74) is 0.923. The summed E-state index contributed by atoms with van der Waals surface area (Å²) in [4.78, 5) is 14.0. The number of nitrogens with one attached hydrogen (secondary N) is 1. The first kappa shape index (κ1) is 25.2. The zero-order valence-electron chi connectivity index (χ0n) is 19.6. The van der Waals surface area contributed by atoms with Crippen LogP contribution in [0, 0.1) is 5.92 Å². The van der Waals surface area contributed by atoms with Gasteiger partial charge in [-0.15, -0.1) is 11.3 Å². The minimum Gasteiger partial charge on any atom is -0.392 e. The average Bonchev–Trinajstić information content (AvgIpc) is 3.40. The molecule has 3 atom stereocenters. The minimum atomic E-state index is -4.48. The van der Waals surface area contributed by atoms with E-state index in [4.69, 9.17) is 4.74 Å². The Hall–Kier alpha value is -1.95. The van der Waals surface area contributed by atoms with Gasteiger partial charge in [0.15, 0.2) is 0 Å². The van der Waals surface area contributed by atoms with E-state index in [9.17, 15) is 23.1 Å². The highest BCUT2D eigenvalue weighted by molar-refractivity contribution is 7.12. The predicted molar refractivity (Wildman–Crippen MR) is 121 cm³/mol. The third-order valence-electron chi connectivity index (χ3n) is 6.96. The van der Waals surface area contributed by atoms with Gasteiger partial charge < -0.3 is 15.2 Å². The van der Waals surface area contributed by atoms with E-state index < -0.39 is 23.3 Å². The third-order valence-corrected chi connectivity index (χ3v) is 8.46. The van der Waals surface area contributed by atoms with Gasteiger partial charge in [0.05, 0.1) is 31.9 Å². The summed E-state index contributed by atoms with van der Waals surface area (Å²) in [5.74, 6) is -0.231. The number of nitrogens with zero attached hydrogens (tertiary/aromatic N) is 3. The van der Waals surface area contributed by atoms with Crippen molar-refractivity contribution in [2.24, 2.45) is 5.92 Å². The number of aliphatic hydroxyl groups excluding tert-OH is 1. The number of aromatic nitrogens is 2. The van der Waals surface area contributed by atoms with Crippen LogP contribution >= 0.6 is 11.3 Å². The number of piperidine rings is 1. The molecule has 0 saturated carbocycles. The van der Waals surface area contributed by atoms with E-state index >= 15 is 0 Å². The summed E-state index contributed by atoms with van der Waals surface area (Å²) >= 11 is 0.745. The van der Waals surface area contributed by atoms with Gasteiger partial charge in [0.25, 0.3) is 0 Å². The molecule has 7 nitrogen and oxygen atoms in total. The molecule has 2 aliphatic rings. The van der Waals surface area contributed by atoms with Gasteiger partial charge in [0.2, 0.25) is 5.91 Å². The second-order valence-corrected chi connectivity index (χ2v) is 10.3. The maximum atomic E-state index is 13.6. The van der Waals surface area contributed by atoms with E-state index in [1.54, 1.807) is 17.9 Å². The van der Waals surface area contributed by atoms with E-state index in [1.807, 2.05) is 13.1 Å². The van der Waals surface area contributed by atoms with Gasteiger partial charge in [-0.25, -0.2) is 0 Å². The lowest BCUT2D eigenvalue weighted by atomic mass is 9.81. The molecule has 4 heterocycles. The number of hydrogen-bond donors (Lipinski definition) is 2. The number of rotatable bonds is 6.